The molecule has 0 aliphatic carbocycles. The molecule has 2 N–H and O–H groups in total. The molecule has 0 aromatic heterocycles. The number of halogens is 1. The number of esters is 1. The van der Waals surface area contributed by atoms with Gasteiger partial charge in [0.05, 0.1) is 6.61 Å². The van der Waals surface area contributed by atoms with Crippen LogP contribution >= 0.6 is 11.6 Å². The molecule has 11 heavy (non-hydrogen) atoms. The van der Waals surface area contributed by atoms with Crippen molar-refractivity contribution in [1.29, 1.82) is 0 Å². The number of carboxylic acid groups (broad SMARTS) is 2. The molecule has 0 heterocycles. The van der Waals surface area contributed by atoms with Gasteiger partial charge in [-0.05, 0) is 6.92 Å². The van der Waals surface area contributed by atoms with Gasteiger partial charge < -0.3 is 14.9 Å². The first kappa shape index (κ1) is 12.7. The van der Waals surface area contributed by atoms with E-state index in [4.69, 9.17) is 26.6 Å². The van der Waals surface area contributed by atoms with Gasteiger partial charge in [-0.2, -0.15) is 0 Å². The Labute approximate surface area is 68.5 Å². The summed E-state index contributed by atoms with van der Waals surface area (Å²) in [6, 6.07) is 0. The van der Waals surface area contributed by atoms with E-state index in [0.717, 1.165) is 0 Å². The maximum atomic E-state index is 10.1. The van der Waals surface area contributed by atoms with E-state index in [0.29, 0.717) is 6.61 Å². The number of hydrogen-bond acceptors (Lipinski definition) is 3. The van der Waals surface area contributed by atoms with Gasteiger partial charge in [-0.1, -0.05) is 0 Å². The molecule has 0 aromatic rings. The second-order valence-electron chi connectivity index (χ2n) is 1.22. The van der Waals surface area contributed by atoms with Crippen LogP contribution in [0.4, 0.5) is 4.79 Å². The van der Waals surface area contributed by atoms with Crippen LogP contribution in [0.15, 0.2) is 0 Å². The average molecular weight is 185 g/mol. The van der Waals surface area contributed by atoms with Crippen LogP contribution in [-0.2, 0) is 9.53 Å². The molecule has 0 rings (SSSR count). The highest BCUT2D eigenvalue weighted by molar-refractivity contribution is 6.26. The van der Waals surface area contributed by atoms with E-state index in [2.05, 4.69) is 4.74 Å². The molecule has 0 saturated heterocycles. The molecular weight excluding hydrogens is 176 g/mol. The van der Waals surface area contributed by atoms with Gasteiger partial charge in [0.1, 0.15) is 5.88 Å². The van der Waals surface area contributed by atoms with Crippen LogP contribution in [0.3, 0.4) is 0 Å². The van der Waals surface area contributed by atoms with Gasteiger partial charge >= 0.3 is 12.1 Å². The van der Waals surface area contributed by atoms with Crippen LogP contribution in [0.2, 0.25) is 0 Å². The molecule has 0 amide bonds. The first-order valence-electron chi connectivity index (χ1n) is 2.68. The van der Waals surface area contributed by atoms with Crippen molar-refractivity contribution in [3.05, 3.63) is 0 Å². The van der Waals surface area contributed by atoms with Crippen LogP contribution < -0.4 is 0 Å². The standard InChI is InChI=1S/C4H7ClO2.CH2O3/c1-2-7-4(6)3-5;2-1(3)4/h2-3H2,1H3;(H2,2,3,4). The highest BCUT2D eigenvalue weighted by Gasteiger charge is 1.93. The first-order chi connectivity index (χ1) is 5.04. The molecule has 66 valence electrons. The second-order valence-corrected chi connectivity index (χ2v) is 1.49. The molecule has 5 nitrogen and oxygen atoms in total. The molecule has 0 spiro atoms. The number of ether oxygens (including phenoxy) is 1. The van der Waals surface area contributed by atoms with Crippen molar-refractivity contribution in [3.8, 4) is 0 Å². The predicted molar refractivity (Wildman–Crippen MR) is 38.0 cm³/mol. The smallest absolute Gasteiger partial charge is 0.465 e. The van der Waals surface area contributed by atoms with E-state index in [-0.39, 0.29) is 11.8 Å². The Balaban J connectivity index is 0. The summed E-state index contributed by atoms with van der Waals surface area (Å²) < 4.78 is 4.42. The van der Waals surface area contributed by atoms with Crippen LogP contribution in [-0.4, -0.2) is 34.8 Å². The molecule has 0 atom stereocenters. The van der Waals surface area contributed by atoms with Crippen molar-refractivity contribution >= 4 is 23.7 Å². The van der Waals surface area contributed by atoms with E-state index >= 15 is 0 Å². The fourth-order valence-electron chi connectivity index (χ4n) is 0.200. The van der Waals surface area contributed by atoms with E-state index in [1.54, 1.807) is 6.92 Å². The summed E-state index contributed by atoms with van der Waals surface area (Å²) in [5.41, 5.74) is 0. The Kier molecular flexibility index (Phi) is 10.4. The molecule has 0 aliphatic rings. The first-order valence-corrected chi connectivity index (χ1v) is 3.21. The van der Waals surface area contributed by atoms with Crippen LogP contribution in [0.25, 0.3) is 0 Å². The molecule has 0 saturated carbocycles. The Morgan fingerprint density at radius 2 is 1.82 bits per heavy atom. The van der Waals surface area contributed by atoms with E-state index in [1.807, 2.05) is 0 Å². The highest BCUT2D eigenvalue weighted by atomic mass is 35.5. The number of hydrogen-bond donors (Lipinski definition) is 2. The molecule has 0 aromatic carbocycles. The monoisotopic (exact) mass is 184 g/mol. The highest BCUT2D eigenvalue weighted by Crippen LogP contribution is 1.79. The molecule has 0 unspecified atom stereocenters. The normalized spacial score (nSPS) is 7.45. The summed E-state index contributed by atoms with van der Waals surface area (Å²) in [5.74, 6) is -0.405. The van der Waals surface area contributed by atoms with Crippen molar-refractivity contribution < 1.29 is 24.5 Å². The van der Waals surface area contributed by atoms with Crippen molar-refractivity contribution in [1.82, 2.24) is 0 Å². The third-order valence-electron chi connectivity index (χ3n) is 0.414. The minimum Gasteiger partial charge on any atom is -0.465 e. The van der Waals surface area contributed by atoms with Gasteiger partial charge in [0, 0.05) is 0 Å². The lowest BCUT2D eigenvalue weighted by Gasteiger charge is -1.92. The number of carbonyl (C=O) groups is 2. The number of carbonyl (C=O) groups excluding carboxylic acids is 1. The number of alkyl halides is 1. The molecular formula is C5H9ClO5. The van der Waals surface area contributed by atoms with Crippen molar-refractivity contribution in [2.24, 2.45) is 0 Å². The van der Waals surface area contributed by atoms with Gasteiger partial charge in [0.25, 0.3) is 0 Å². The second kappa shape index (κ2) is 9.03. The van der Waals surface area contributed by atoms with Gasteiger partial charge in [0.15, 0.2) is 0 Å². The Hall–Kier alpha value is -0.970. The summed E-state index contributed by atoms with van der Waals surface area (Å²) in [6.45, 7) is 2.15. The lowest BCUT2D eigenvalue weighted by Crippen LogP contribution is -2.03. The molecule has 0 aliphatic heterocycles. The van der Waals surface area contributed by atoms with Crippen LogP contribution in [0.1, 0.15) is 6.92 Å². The molecule has 0 radical (unpaired) electrons. The fraction of sp³-hybridized carbons (Fsp3) is 0.600. The third kappa shape index (κ3) is 27.5. The Morgan fingerprint density at radius 1 is 1.45 bits per heavy atom. The fourth-order valence-corrected chi connectivity index (χ4v) is 0.277. The van der Waals surface area contributed by atoms with Crippen molar-refractivity contribution in [3.63, 3.8) is 0 Å². The lowest BCUT2D eigenvalue weighted by molar-refractivity contribution is -0.140. The minimum absolute atomic E-state index is 0.0478. The predicted octanol–water partition coefficient (Wildman–Crippen LogP) is 1.01. The topological polar surface area (TPSA) is 83.8 Å². The molecule has 0 bridgehead atoms. The summed E-state index contributed by atoms with van der Waals surface area (Å²) in [6.07, 6.45) is -1.83. The zero-order valence-electron chi connectivity index (χ0n) is 5.91. The third-order valence-corrected chi connectivity index (χ3v) is 0.633. The number of rotatable bonds is 2. The quantitative estimate of drug-likeness (QED) is 0.494. The van der Waals surface area contributed by atoms with E-state index in [9.17, 15) is 4.79 Å². The molecule has 0 fully saturated rings. The summed E-state index contributed by atoms with van der Waals surface area (Å²) >= 11 is 5.06. The molecule has 6 heteroatoms. The Morgan fingerprint density at radius 3 is 1.91 bits per heavy atom. The van der Waals surface area contributed by atoms with Crippen LogP contribution in [0.5, 0.6) is 0 Å². The van der Waals surface area contributed by atoms with E-state index in [1.165, 1.54) is 0 Å². The summed E-state index contributed by atoms with van der Waals surface area (Å²) in [4.78, 5) is 18.6. The van der Waals surface area contributed by atoms with Gasteiger partial charge in [-0.3, -0.25) is 4.79 Å². The zero-order valence-corrected chi connectivity index (χ0v) is 6.67. The lowest BCUT2D eigenvalue weighted by atomic mass is 10.8. The minimum atomic E-state index is -1.83. The zero-order chi connectivity index (χ0) is 9.28. The maximum Gasteiger partial charge on any atom is 0.503 e. The SMILES string of the molecule is CCOC(=O)CCl.O=C(O)O. The van der Waals surface area contributed by atoms with E-state index < -0.39 is 6.16 Å². The van der Waals surface area contributed by atoms with Gasteiger partial charge in [0.2, 0.25) is 0 Å². The average Bonchev–Trinajstić information content (AvgIpc) is 1.87. The summed E-state index contributed by atoms with van der Waals surface area (Å²) in [7, 11) is 0. The van der Waals surface area contributed by atoms with Gasteiger partial charge in [-0.25, -0.2) is 4.79 Å². The Bertz CT molecular complexity index is 120. The largest absolute Gasteiger partial charge is 0.503 e. The van der Waals surface area contributed by atoms with Crippen molar-refractivity contribution in [2.75, 3.05) is 12.5 Å². The van der Waals surface area contributed by atoms with Gasteiger partial charge in [-0.15, -0.1) is 11.6 Å². The summed E-state index contributed by atoms with van der Waals surface area (Å²) in [5, 5.41) is 13.9. The van der Waals surface area contributed by atoms with Crippen LogP contribution in [0, 0.1) is 0 Å². The van der Waals surface area contributed by atoms with Crippen molar-refractivity contribution in [2.45, 2.75) is 6.92 Å². The maximum absolute atomic E-state index is 10.1.